The number of alkyl halides is 6. The Bertz CT molecular complexity index is 540. The summed E-state index contributed by atoms with van der Waals surface area (Å²) in [6.45, 7) is 0. The lowest BCUT2D eigenvalue weighted by molar-refractivity contribution is -0.276. The molecule has 1 aromatic heterocycles. The summed E-state index contributed by atoms with van der Waals surface area (Å²) >= 11 is 0. The van der Waals surface area contributed by atoms with Crippen molar-refractivity contribution in [3.8, 4) is 11.8 Å². The summed E-state index contributed by atoms with van der Waals surface area (Å²) in [5.74, 6) is -4.10. The summed E-state index contributed by atoms with van der Waals surface area (Å²) in [5, 5.41) is 0. The molecule has 0 radical (unpaired) electrons. The van der Waals surface area contributed by atoms with E-state index >= 15 is 0 Å². The molecule has 0 saturated carbocycles. The van der Waals surface area contributed by atoms with Crippen LogP contribution in [0, 0.1) is 0 Å². The molecule has 0 aromatic carbocycles. The lowest BCUT2D eigenvalue weighted by Crippen LogP contribution is -2.23. The second-order valence-electron chi connectivity index (χ2n) is 3.43. The van der Waals surface area contributed by atoms with Gasteiger partial charge in [0.25, 0.3) is 0 Å². The van der Waals surface area contributed by atoms with Crippen molar-refractivity contribution in [2.24, 2.45) is 0 Å². The molecule has 5 nitrogen and oxygen atoms in total. The fourth-order valence-electron chi connectivity index (χ4n) is 1.31. The van der Waals surface area contributed by atoms with E-state index in [1.807, 2.05) is 0 Å². The van der Waals surface area contributed by atoms with Gasteiger partial charge in [0.1, 0.15) is 5.56 Å². The summed E-state index contributed by atoms with van der Waals surface area (Å²) in [7, 11) is 1.59. The quantitative estimate of drug-likeness (QED) is 0.633. The summed E-state index contributed by atoms with van der Waals surface area (Å²) < 4.78 is 86.9. The number of carbonyl (C=O) groups excluding carboxylic acids is 1. The normalized spacial score (nSPS) is 12.0. The molecule has 0 aliphatic heterocycles. The molecular weight excluding hydrogens is 312 g/mol. The minimum atomic E-state index is -5.36. The van der Waals surface area contributed by atoms with Gasteiger partial charge in [-0.05, 0) is 0 Å². The predicted molar refractivity (Wildman–Crippen MR) is 53.8 cm³/mol. The van der Waals surface area contributed by atoms with Crippen LogP contribution < -0.4 is 9.47 Å². The van der Waals surface area contributed by atoms with Crippen molar-refractivity contribution >= 4 is 5.97 Å². The number of halogens is 6. The van der Waals surface area contributed by atoms with Gasteiger partial charge < -0.3 is 14.2 Å². The van der Waals surface area contributed by atoms with Crippen LogP contribution in [-0.2, 0) is 10.9 Å². The Morgan fingerprint density at radius 1 is 1.14 bits per heavy atom. The van der Waals surface area contributed by atoms with Gasteiger partial charge in [-0.25, -0.2) is 4.79 Å². The van der Waals surface area contributed by atoms with Crippen LogP contribution in [0.25, 0.3) is 0 Å². The first kappa shape index (κ1) is 16.9. The van der Waals surface area contributed by atoms with E-state index in [9.17, 15) is 31.1 Å². The first-order valence-corrected chi connectivity index (χ1v) is 5.00. The zero-order chi connectivity index (χ0) is 16.4. The first-order chi connectivity index (χ1) is 9.49. The number of pyridine rings is 1. The highest BCUT2D eigenvalue weighted by Crippen LogP contribution is 2.39. The largest absolute Gasteiger partial charge is 0.574 e. The third-order valence-corrected chi connectivity index (χ3v) is 2.08. The van der Waals surface area contributed by atoms with Crippen molar-refractivity contribution in [2.45, 2.75) is 12.5 Å². The van der Waals surface area contributed by atoms with Crippen molar-refractivity contribution in [2.75, 3.05) is 14.2 Å². The molecule has 0 aliphatic carbocycles. The van der Waals surface area contributed by atoms with E-state index in [2.05, 4.69) is 19.2 Å². The molecule has 0 N–H and O–H groups in total. The number of rotatable bonds is 3. The summed E-state index contributed by atoms with van der Waals surface area (Å²) in [5.41, 5.74) is -3.22. The standard InChI is InChI=1S/C10H7F6NO4/c1-19-5-3-4(9(11,12)13)6(8(18)20-2)7(17-5)21-10(14,15)16/h3H,1-2H3. The minimum Gasteiger partial charge on any atom is -0.481 e. The number of nitrogens with zero attached hydrogens (tertiary/aromatic N) is 1. The number of hydrogen-bond donors (Lipinski definition) is 0. The average molecular weight is 319 g/mol. The van der Waals surface area contributed by atoms with Crippen LogP contribution in [-0.4, -0.2) is 31.5 Å². The molecule has 1 aromatic rings. The van der Waals surface area contributed by atoms with Gasteiger partial charge in [-0.2, -0.15) is 18.2 Å². The molecule has 0 atom stereocenters. The Labute approximate surface area is 113 Å². The average Bonchev–Trinajstić information content (AvgIpc) is 2.33. The summed E-state index contributed by atoms with van der Waals surface area (Å²) in [6.07, 6.45) is -10.5. The Morgan fingerprint density at radius 3 is 2.10 bits per heavy atom. The zero-order valence-corrected chi connectivity index (χ0v) is 10.4. The van der Waals surface area contributed by atoms with Crippen molar-refractivity contribution < 1.29 is 45.3 Å². The number of methoxy groups -OCH3 is 2. The zero-order valence-electron chi connectivity index (χ0n) is 10.4. The van der Waals surface area contributed by atoms with Gasteiger partial charge in [-0.15, -0.1) is 13.2 Å². The summed E-state index contributed by atoms with van der Waals surface area (Å²) in [4.78, 5) is 14.4. The monoisotopic (exact) mass is 319 g/mol. The fourth-order valence-corrected chi connectivity index (χ4v) is 1.31. The molecular formula is C10H7F6NO4. The molecule has 1 heterocycles. The van der Waals surface area contributed by atoms with Gasteiger partial charge in [0.2, 0.25) is 11.8 Å². The molecule has 11 heteroatoms. The SMILES string of the molecule is COC(=O)c1c(C(F)(F)F)cc(OC)nc1OC(F)(F)F. The van der Waals surface area contributed by atoms with Crippen LogP contribution in [0.3, 0.4) is 0 Å². The molecule has 0 aliphatic rings. The number of aromatic nitrogens is 1. The topological polar surface area (TPSA) is 57.7 Å². The molecule has 0 bridgehead atoms. The Balaban J connectivity index is 3.62. The Morgan fingerprint density at radius 2 is 1.71 bits per heavy atom. The number of hydrogen-bond acceptors (Lipinski definition) is 5. The van der Waals surface area contributed by atoms with Crippen LogP contribution in [0.5, 0.6) is 11.8 Å². The second-order valence-corrected chi connectivity index (χ2v) is 3.43. The maximum absolute atomic E-state index is 12.8. The molecule has 0 fully saturated rings. The van der Waals surface area contributed by atoms with Crippen LogP contribution >= 0.6 is 0 Å². The lowest BCUT2D eigenvalue weighted by atomic mass is 10.1. The van der Waals surface area contributed by atoms with Crippen molar-refractivity contribution in [3.63, 3.8) is 0 Å². The van der Waals surface area contributed by atoms with Crippen LogP contribution in [0.4, 0.5) is 26.3 Å². The van der Waals surface area contributed by atoms with Crippen molar-refractivity contribution in [1.82, 2.24) is 4.98 Å². The van der Waals surface area contributed by atoms with E-state index in [-0.39, 0.29) is 6.07 Å². The third kappa shape index (κ3) is 4.13. The number of carbonyl (C=O) groups is 1. The molecule has 0 spiro atoms. The highest BCUT2D eigenvalue weighted by molar-refractivity contribution is 5.94. The second kappa shape index (κ2) is 5.66. The van der Waals surface area contributed by atoms with E-state index < -0.39 is 41.4 Å². The van der Waals surface area contributed by atoms with Gasteiger partial charge >= 0.3 is 18.5 Å². The third-order valence-electron chi connectivity index (χ3n) is 2.08. The lowest BCUT2D eigenvalue weighted by Gasteiger charge is -2.17. The number of esters is 1. The van der Waals surface area contributed by atoms with Gasteiger partial charge in [0, 0.05) is 6.07 Å². The van der Waals surface area contributed by atoms with Gasteiger partial charge in [-0.1, -0.05) is 0 Å². The van der Waals surface area contributed by atoms with Gasteiger partial charge in [0.15, 0.2) is 0 Å². The smallest absolute Gasteiger partial charge is 0.481 e. The maximum Gasteiger partial charge on any atom is 0.574 e. The Hall–Kier alpha value is -2.20. The van der Waals surface area contributed by atoms with Gasteiger partial charge in [0.05, 0.1) is 19.8 Å². The Kier molecular flexibility index (Phi) is 4.54. The molecule has 21 heavy (non-hydrogen) atoms. The maximum atomic E-state index is 12.8. The molecule has 0 saturated heterocycles. The molecule has 1 rings (SSSR count). The molecule has 0 unspecified atom stereocenters. The van der Waals surface area contributed by atoms with E-state index in [1.165, 1.54) is 0 Å². The number of ether oxygens (including phenoxy) is 3. The molecule has 0 amide bonds. The fraction of sp³-hybridized carbons (Fsp3) is 0.400. The highest BCUT2D eigenvalue weighted by atomic mass is 19.4. The van der Waals surface area contributed by atoms with Crippen LogP contribution in [0.15, 0.2) is 6.07 Å². The minimum absolute atomic E-state index is 0.259. The van der Waals surface area contributed by atoms with Crippen molar-refractivity contribution in [3.05, 3.63) is 17.2 Å². The highest BCUT2D eigenvalue weighted by Gasteiger charge is 2.42. The first-order valence-electron chi connectivity index (χ1n) is 5.00. The van der Waals surface area contributed by atoms with Crippen LogP contribution in [0.2, 0.25) is 0 Å². The molecule has 118 valence electrons. The van der Waals surface area contributed by atoms with E-state index in [4.69, 9.17) is 0 Å². The van der Waals surface area contributed by atoms with Crippen LogP contribution in [0.1, 0.15) is 15.9 Å². The van der Waals surface area contributed by atoms with E-state index in [0.29, 0.717) is 7.11 Å². The van der Waals surface area contributed by atoms with Gasteiger partial charge in [-0.3, -0.25) is 0 Å². The van der Waals surface area contributed by atoms with Crippen molar-refractivity contribution in [1.29, 1.82) is 0 Å². The predicted octanol–water partition coefficient (Wildman–Crippen LogP) is 2.79. The van der Waals surface area contributed by atoms with E-state index in [1.54, 1.807) is 0 Å². The summed E-state index contributed by atoms with van der Waals surface area (Å²) in [6, 6.07) is 0.259. The van der Waals surface area contributed by atoms with E-state index in [0.717, 1.165) is 7.11 Å².